The monoisotopic (exact) mass is 332 g/mol. The summed E-state index contributed by atoms with van der Waals surface area (Å²) in [6.07, 6.45) is 0.141. The molecule has 1 fully saturated rings. The van der Waals surface area contributed by atoms with Crippen LogP contribution in [0.5, 0.6) is 0 Å². The molecule has 1 heterocycles. The first kappa shape index (κ1) is 16.1. The molecule has 0 aromatic heterocycles. The number of carbonyl (C=O) groups is 1. The average molecular weight is 333 g/mol. The zero-order chi connectivity index (χ0) is 15.5. The van der Waals surface area contributed by atoms with Crippen molar-refractivity contribution < 1.29 is 17.9 Å². The van der Waals surface area contributed by atoms with Crippen LogP contribution in [0.4, 0.5) is 4.79 Å². The number of benzene rings is 1. The first-order chi connectivity index (χ1) is 9.95. The maximum atomic E-state index is 12.5. The molecule has 0 aliphatic carbocycles. The Morgan fingerprint density at radius 3 is 2.43 bits per heavy atom. The number of amides is 1. The van der Waals surface area contributed by atoms with E-state index in [0.717, 1.165) is 0 Å². The number of ether oxygens (including phenoxy) is 1. The molecule has 0 radical (unpaired) electrons. The molecule has 8 heteroatoms. The first-order valence-electron chi connectivity index (χ1n) is 6.54. The maximum Gasteiger partial charge on any atom is 0.409 e. The summed E-state index contributed by atoms with van der Waals surface area (Å²) in [5.74, 6) is 0. The lowest BCUT2D eigenvalue weighted by Gasteiger charge is -2.21. The van der Waals surface area contributed by atoms with Crippen molar-refractivity contribution in [1.29, 1.82) is 0 Å². The summed E-state index contributed by atoms with van der Waals surface area (Å²) in [5, 5.41) is 0.488. The Morgan fingerprint density at radius 1 is 1.14 bits per heavy atom. The molecule has 0 saturated carbocycles. The quantitative estimate of drug-likeness (QED) is 0.828. The largest absolute Gasteiger partial charge is 0.453 e. The summed E-state index contributed by atoms with van der Waals surface area (Å²) in [6, 6.07) is 6.07. The normalized spacial score (nSPS) is 17.3. The fourth-order valence-electron chi connectivity index (χ4n) is 2.20. The molecule has 1 aliphatic rings. The molecule has 1 saturated heterocycles. The SMILES string of the molecule is COC(=O)N1CCCN(S(=O)(=O)c2ccc(Cl)cc2)CC1. The van der Waals surface area contributed by atoms with Crippen LogP contribution >= 0.6 is 11.6 Å². The van der Waals surface area contributed by atoms with Gasteiger partial charge in [-0.1, -0.05) is 11.6 Å². The molecule has 0 atom stereocenters. The van der Waals surface area contributed by atoms with Gasteiger partial charge < -0.3 is 9.64 Å². The van der Waals surface area contributed by atoms with Gasteiger partial charge in [0.1, 0.15) is 0 Å². The Labute approximate surface area is 129 Å². The highest BCUT2D eigenvalue weighted by Crippen LogP contribution is 2.20. The van der Waals surface area contributed by atoms with Crippen molar-refractivity contribution >= 4 is 27.7 Å². The van der Waals surface area contributed by atoms with E-state index in [2.05, 4.69) is 4.74 Å². The third-order valence-corrected chi connectivity index (χ3v) is 5.50. The maximum absolute atomic E-state index is 12.5. The fourth-order valence-corrected chi connectivity index (χ4v) is 3.80. The molecule has 21 heavy (non-hydrogen) atoms. The van der Waals surface area contributed by atoms with Gasteiger partial charge in [0.2, 0.25) is 10.0 Å². The van der Waals surface area contributed by atoms with E-state index in [-0.39, 0.29) is 11.4 Å². The average Bonchev–Trinajstić information content (AvgIpc) is 2.73. The Bertz CT molecular complexity index is 603. The van der Waals surface area contributed by atoms with Crippen molar-refractivity contribution in [3.63, 3.8) is 0 Å². The Balaban J connectivity index is 2.14. The van der Waals surface area contributed by atoms with Gasteiger partial charge in [0.25, 0.3) is 0 Å². The number of methoxy groups -OCH3 is 1. The molecule has 0 unspecified atom stereocenters. The lowest BCUT2D eigenvalue weighted by Crippen LogP contribution is -2.37. The van der Waals surface area contributed by atoms with Gasteiger partial charge in [-0.3, -0.25) is 0 Å². The highest BCUT2D eigenvalue weighted by Gasteiger charge is 2.28. The van der Waals surface area contributed by atoms with Crippen LogP contribution < -0.4 is 0 Å². The zero-order valence-corrected chi connectivity index (χ0v) is 13.2. The van der Waals surface area contributed by atoms with Crippen LogP contribution in [-0.4, -0.2) is 57.0 Å². The number of hydrogen-bond acceptors (Lipinski definition) is 4. The Kier molecular flexibility index (Phi) is 5.08. The summed E-state index contributed by atoms with van der Waals surface area (Å²) in [6.45, 7) is 1.43. The molecular formula is C13H17ClN2O4S. The van der Waals surface area contributed by atoms with Crippen molar-refractivity contribution in [3.8, 4) is 0 Å². The molecule has 1 amide bonds. The van der Waals surface area contributed by atoms with E-state index in [0.29, 0.717) is 31.1 Å². The van der Waals surface area contributed by atoms with Gasteiger partial charge in [0, 0.05) is 31.2 Å². The van der Waals surface area contributed by atoms with Crippen molar-refractivity contribution in [3.05, 3.63) is 29.3 Å². The summed E-state index contributed by atoms with van der Waals surface area (Å²) >= 11 is 5.78. The van der Waals surface area contributed by atoms with Crippen LogP contribution in [0.2, 0.25) is 5.02 Å². The van der Waals surface area contributed by atoms with E-state index >= 15 is 0 Å². The minimum absolute atomic E-state index is 0.207. The summed E-state index contributed by atoms with van der Waals surface area (Å²) in [7, 11) is -2.25. The number of carbonyl (C=O) groups excluding carboxylic acids is 1. The van der Waals surface area contributed by atoms with Gasteiger partial charge in [0.15, 0.2) is 0 Å². The van der Waals surface area contributed by atoms with E-state index in [9.17, 15) is 13.2 Å². The molecule has 0 N–H and O–H groups in total. The van der Waals surface area contributed by atoms with Crippen LogP contribution in [0.1, 0.15) is 6.42 Å². The molecule has 2 rings (SSSR count). The van der Waals surface area contributed by atoms with Gasteiger partial charge in [-0.2, -0.15) is 4.31 Å². The highest BCUT2D eigenvalue weighted by molar-refractivity contribution is 7.89. The summed E-state index contributed by atoms with van der Waals surface area (Å²) in [4.78, 5) is 13.2. The molecule has 0 bridgehead atoms. The predicted octanol–water partition coefficient (Wildman–Crippen LogP) is 1.80. The van der Waals surface area contributed by atoms with Gasteiger partial charge in [0.05, 0.1) is 12.0 Å². The van der Waals surface area contributed by atoms with E-state index in [4.69, 9.17) is 11.6 Å². The smallest absolute Gasteiger partial charge is 0.409 e. The summed E-state index contributed by atoms with van der Waals surface area (Å²) < 4.78 is 31.1. The van der Waals surface area contributed by atoms with Crippen molar-refractivity contribution in [2.24, 2.45) is 0 Å². The van der Waals surface area contributed by atoms with Gasteiger partial charge in [-0.25, -0.2) is 13.2 Å². The van der Waals surface area contributed by atoms with Crippen LogP contribution in [-0.2, 0) is 14.8 Å². The van der Waals surface area contributed by atoms with Gasteiger partial charge in [-0.05, 0) is 30.7 Å². The predicted molar refractivity (Wildman–Crippen MR) is 78.8 cm³/mol. The van der Waals surface area contributed by atoms with E-state index in [1.807, 2.05) is 0 Å². The van der Waals surface area contributed by atoms with Crippen LogP contribution in [0.15, 0.2) is 29.2 Å². The lowest BCUT2D eigenvalue weighted by molar-refractivity contribution is 0.126. The molecule has 1 aromatic rings. The second kappa shape index (κ2) is 6.64. The molecule has 1 aliphatic heterocycles. The van der Waals surface area contributed by atoms with E-state index < -0.39 is 16.1 Å². The van der Waals surface area contributed by atoms with Gasteiger partial charge in [-0.15, -0.1) is 0 Å². The van der Waals surface area contributed by atoms with Crippen LogP contribution in [0.25, 0.3) is 0 Å². The molecule has 1 aromatic carbocycles. The molecule has 6 nitrogen and oxygen atoms in total. The standard InChI is InChI=1S/C13H17ClN2O4S/c1-20-13(17)15-7-2-8-16(10-9-15)21(18,19)12-5-3-11(14)4-6-12/h3-6H,2,7-10H2,1H3. The molecule has 116 valence electrons. The summed E-state index contributed by atoms with van der Waals surface area (Å²) in [5.41, 5.74) is 0. The lowest BCUT2D eigenvalue weighted by atomic mass is 10.4. The fraction of sp³-hybridized carbons (Fsp3) is 0.462. The van der Waals surface area contributed by atoms with E-state index in [1.165, 1.54) is 28.4 Å². The topological polar surface area (TPSA) is 66.9 Å². The van der Waals surface area contributed by atoms with Crippen molar-refractivity contribution in [1.82, 2.24) is 9.21 Å². The minimum Gasteiger partial charge on any atom is -0.453 e. The number of rotatable bonds is 2. The van der Waals surface area contributed by atoms with Crippen molar-refractivity contribution in [2.45, 2.75) is 11.3 Å². The second-order valence-electron chi connectivity index (χ2n) is 4.67. The third-order valence-electron chi connectivity index (χ3n) is 3.34. The highest BCUT2D eigenvalue weighted by atomic mass is 35.5. The second-order valence-corrected chi connectivity index (χ2v) is 7.04. The third kappa shape index (κ3) is 3.66. The molecule has 0 spiro atoms. The first-order valence-corrected chi connectivity index (χ1v) is 8.35. The van der Waals surface area contributed by atoms with Crippen molar-refractivity contribution in [2.75, 3.05) is 33.3 Å². The Hall–Kier alpha value is -1.31. The zero-order valence-electron chi connectivity index (χ0n) is 11.7. The number of hydrogen-bond donors (Lipinski definition) is 0. The Morgan fingerprint density at radius 2 is 1.81 bits per heavy atom. The van der Waals surface area contributed by atoms with Crippen LogP contribution in [0.3, 0.4) is 0 Å². The van der Waals surface area contributed by atoms with E-state index in [1.54, 1.807) is 12.1 Å². The molecular weight excluding hydrogens is 316 g/mol. The number of sulfonamides is 1. The number of nitrogens with zero attached hydrogens (tertiary/aromatic N) is 2. The minimum atomic E-state index is -3.56. The van der Waals surface area contributed by atoms with Gasteiger partial charge >= 0.3 is 6.09 Å². The van der Waals surface area contributed by atoms with Crippen LogP contribution in [0, 0.1) is 0 Å². The number of halogens is 1.